The SMILES string of the molecule is Cn1cc(C(=O)O)c(=O)c2cc(N)c(N3CCN(c4ccccc4F)CC3)cc21. The molecule has 1 aliphatic heterocycles. The average molecular weight is 396 g/mol. The molecule has 0 unspecified atom stereocenters. The van der Waals surface area contributed by atoms with E-state index in [1.807, 2.05) is 17.0 Å². The highest BCUT2D eigenvalue weighted by molar-refractivity contribution is 5.95. The van der Waals surface area contributed by atoms with Crippen LogP contribution in [0.5, 0.6) is 0 Å². The lowest BCUT2D eigenvalue weighted by atomic mass is 10.1. The molecule has 0 spiro atoms. The van der Waals surface area contributed by atoms with Crippen LogP contribution in [0.1, 0.15) is 10.4 Å². The van der Waals surface area contributed by atoms with Crippen molar-refractivity contribution < 1.29 is 14.3 Å². The smallest absolute Gasteiger partial charge is 0.341 e. The van der Waals surface area contributed by atoms with Crippen LogP contribution in [0.25, 0.3) is 10.9 Å². The van der Waals surface area contributed by atoms with E-state index in [4.69, 9.17) is 5.73 Å². The minimum atomic E-state index is -1.26. The quantitative estimate of drug-likeness (QED) is 0.660. The predicted molar refractivity (Wildman–Crippen MR) is 111 cm³/mol. The Morgan fingerprint density at radius 2 is 1.69 bits per heavy atom. The molecular formula is C21H21FN4O3. The van der Waals surface area contributed by atoms with Gasteiger partial charge in [-0.15, -0.1) is 0 Å². The third-order valence-corrected chi connectivity index (χ3v) is 5.38. The molecule has 29 heavy (non-hydrogen) atoms. The van der Waals surface area contributed by atoms with Crippen molar-refractivity contribution in [2.75, 3.05) is 41.7 Å². The van der Waals surface area contributed by atoms with Crippen molar-refractivity contribution in [1.29, 1.82) is 0 Å². The number of pyridine rings is 1. The highest BCUT2D eigenvalue weighted by Gasteiger charge is 2.22. The molecule has 7 nitrogen and oxygen atoms in total. The second-order valence-corrected chi connectivity index (χ2v) is 7.14. The number of nitrogen functional groups attached to an aromatic ring is 1. The maximum atomic E-state index is 14.1. The molecule has 2 aromatic carbocycles. The number of carbonyl (C=O) groups is 1. The third kappa shape index (κ3) is 3.26. The Morgan fingerprint density at radius 1 is 1.07 bits per heavy atom. The number of para-hydroxylation sites is 1. The fourth-order valence-electron chi connectivity index (χ4n) is 3.86. The molecule has 0 saturated carbocycles. The summed E-state index contributed by atoms with van der Waals surface area (Å²) in [5, 5.41) is 9.51. The second-order valence-electron chi connectivity index (χ2n) is 7.14. The molecule has 4 rings (SSSR count). The monoisotopic (exact) mass is 396 g/mol. The van der Waals surface area contributed by atoms with Gasteiger partial charge in [0.1, 0.15) is 11.4 Å². The zero-order valence-electron chi connectivity index (χ0n) is 15.9. The summed E-state index contributed by atoms with van der Waals surface area (Å²) >= 11 is 0. The summed E-state index contributed by atoms with van der Waals surface area (Å²) in [5.41, 5.74) is 7.78. The number of nitrogens with two attached hydrogens (primary N) is 1. The molecule has 1 fully saturated rings. The van der Waals surface area contributed by atoms with Crippen LogP contribution in [0.15, 0.2) is 47.4 Å². The molecule has 0 radical (unpaired) electrons. The van der Waals surface area contributed by atoms with Crippen molar-refractivity contribution in [3.8, 4) is 0 Å². The highest BCUT2D eigenvalue weighted by atomic mass is 19.1. The standard InChI is InChI=1S/C21H21FN4O3/c1-24-12-14(21(28)29)20(27)13-10-16(23)19(11-18(13)24)26-8-6-25(7-9-26)17-5-3-2-4-15(17)22/h2-5,10-12H,6-9,23H2,1H3,(H,28,29). The van der Waals surface area contributed by atoms with Gasteiger partial charge in [-0.25, -0.2) is 9.18 Å². The zero-order valence-corrected chi connectivity index (χ0v) is 15.9. The number of carboxylic acids is 1. The number of hydrogen-bond acceptors (Lipinski definition) is 5. The molecule has 1 aliphatic rings. The van der Waals surface area contributed by atoms with E-state index in [0.29, 0.717) is 43.1 Å². The number of aryl methyl sites for hydroxylation is 1. The lowest BCUT2D eigenvalue weighted by Crippen LogP contribution is -2.47. The number of halogens is 1. The predicted octanol–water partition coefficient (Wildman–Crippen LogP) is 2.28. The van der Waals surface area contributed by atoms with Crippen molar-refractivity contribution >= 4 is 33.9 Å². The number of carboxylic acid groups (broad SMARTS) is 1. The summed E-state index contributed by atoms with van der Waals surface area (Å²) in [6, 6.07) is 10.1. The summed E-state index contributed by atoms with van der Waals surface area (Å²) in [5.74, 6) is -1.50. The van der Waals surface area contributed by atoms with Crippen molar-refractivity contribution in [3.05, 3.63) is 64.2 Å². The number of anilines is 3. The summed E-state index contributed by atoms with van der Waals surface area (Å²) < 4.78 is 15.7. The molecule has 2 heterocycles. The van der Waals surface area contributed by atoms with Crippen molar-refractivity contribution in [2.24, 2.45) is 7.05 Å². The number of benzene rings is 2. The summed E-state index contributed by atoms with van der Waals surface area (Å²) in [7, 11) is 1.70. The Balaban J connectivity index is 1.65. The zero-order chi connectivity index (χ0) is 20.7. The van der Waals surface area contributed by atoms with Crippen LogP contribution < -0.4 is 21.0 Å². The highest BCUT2D eigenvalue weighted by Crippen LogP contribution is 2.30. The topological polar surface area (TPSA) is 91.8 Å². The van der Waals surface area contributed by atoms with Gasteiger partial charge in [0.2, 0.25) is 5.43 Å². The van der Waals surface area contributed by atoms with Crippen molar-refractivity contribution in [2.45, 2.75) is 0 Å². The molecule has 0 bridgehead atoms. The van der Waals surface area contributed by atoms with Crippen LogP contribution in [0.4, 0.5) is 21.5 Å². The summed E-state index contributed by atoms with van der Waals surface area (Å²) in [6.07, 6.45) is 1.32. The Labute approximate surface area is 166 Å². The molecule has 3 N–H and O–H groups in total. The Kier molecular flexibility index (Phi) is 4.62. The number of fused-ring (bicyclic) bond motifs is 1. The number of aromatic carboxylic acids is 1. The van der Waals surface area contributed by atoms with Crippen LogP contribution in [0.3, 0.4) is 0 Å². The largest absolute Gasteiger partial charge is 0.477 e. The van der Waals surface area contributed by atoms with Crippen molar-refractivity contribution in [3.63, 3.8) is 0 Å². The van der Waals surface area contributed by atoms with Gasteiger partial charge in [-0.3, -0.25) is 4.79 Å². The first kappa shape index (κ1) is 18.8. The maximum absolute atomic E-state index is 14.1. The van der Waals surface area contributed by atoms with Gasteiger partial charge in [0, 0.05) is 44.8 Å². The van der Waals surface area contributed by atoms with Crippen molar-refractivity contribution in [1.82, 2.24) is 4.57 Å². The minimum absolute atomic E-state index is 0.240. The van der Waals surface area contributed by atoms with Gasteiger partial charge >= 0.3 is 5.97 Å². The fraction of sp³-hybridized carbons (Fsp3) is 0.238. The molecule has 0 atom stereocenters. The Morgan fingerprint density at radius 3 is 2.31 bits per heavy atom. The van der Waals surface area contributed by atoms with Gasteiger partial charge in [-0.1, -0.05) is 12.1 Å². The van der Waals surface area contributed by atoms with E-state index in [9.17, 15) is 19.1 Å². The van der Waals surface area contributed by atoms with Crippen LogP contribution in [-0.4, -0.2) is 41.8 Å². The van der Waals surface area contributed by atoms with Gasteiger partial charge in [0.05, 0.1) is 22.6 Å². The van der Waals surface area contributed by atoms with E-state index in [-0.39, 0.29) is 16.8 Å². The fourth-order valence-corrected chi connectivity index (χ4v) is 3.86. The molecule has 1 aromatic heterocycles. The first-order chi connectivity index (χ1) is 13.9. The van der Waals surface area contributed by atoms with Crippen LogP contribution in [-0.2, 0) is 7.05 Å². The molecule has 1 saturated heterocycles. The summed E-state index contributed by atoms with van der Waals surface area (Å²) in [4.78, 5) is 27.9. The molecule has 150 valence electrons. The average Bonchev–Trinajstić information content (AvgIpc) is 2.71. The van der Waals surface area contributed by atoms with E-state index < -0.39 is 11.4 Å². The van der Waals surface area contributed by atoms with Gasteiger partial charge < -0.3 is 25.2 Å². The molecule has 0 amide bonds. The number of rotatable bonds is 3. The van der Waals surface area contributed by atoms with Gasteiger partial charge in [0.15, 0.2) is 0 Å². The number of hydrogen-bond donors (Lipinski definition) is 2. The molecular weight excluding hydrogens is 375 g/mol. The van der Waals surface area contributed by atoms with Crippen LogP contribution >= 0.6 is 0 Å². The molecule has 3 aromatic rings. The number of piperazine rings is 1. The number of aromatic nitrogens is 1. The van der Waals surface area contributed by atoms with Gasteiger partial charge in [-0.2, -0.15) is 0 Å². The van der Waals surface area contributed by atoms with E-state index in [1.54, 1.807) is 29.8 Å². The van der Waals surface area contributed by atoms with Gasteiger partial charge in [-0.05, 0) is 24.3 Å². The lowest BCUT2D eigenvalue weighted by Gasteiger charge is -2.38. The van der Waals surface area contributed by atoms with E-state index >= 15 is 0 Å². The minimum Gasteiger partial charge on any atom is -0.477 e. The summed E-state index contributed by atoms with van der Waals surface area (Å²) in [6.45, 7) is 2.56. The molecule has 0 aliphatic carbocycles. The lowest BCUT2D eigenvalue weighted by molar-refractivity contribution is 0.0695. The van der Waals surface area contributed by atoms with E-state index in [0.717, 1.165) is 5.69 Å². The third-order valence-electron chi connectivity index (χ3n) is 5.38. The normalized spacial score (nSPS) is 14.4. The van der Waals surface area contributed by atoms with E-state index in [2.05, 4.69) is 4.90 Å². The molecule has 8 heteroatoms. The maximum Gasteiger partial charge on any atom is 0.341 e. The first-order valence-corrected chi connectivity index (χ1v) is 9.27. The van der Waals surface area contributed by atoms with Crippen LogP contribution in [0.2, 0.25) is 0 Å². The van der Waals surface area contributed by atoms with Crippen LogP contribution in [0, 0.1) is 5.82 Å². The number of nitrogens with zero attached hydrogens (tertiary/aromatic N) is 3. The second kappa shape index (κ2) is 7.12. The van der Waals surface area contributed by atoms with Gasteiger partial charge in [0.25, 0.3) is 0 Å². The van der Waals surface area contributed by atoms with E-state index in [1.165, 1.54) is 12.3 Å². The first-order valence-electron chi connectivity index (χ1n) is 9.27. The Bertz CT molecular complexity index is 1170. The Hall–Kier alpha value is -3.55.